The summed E-state index contributed by atoms with van der Waals surface area (Å²) in [5.74, 6) is -2.54. The van der Waals surface area contributed by atoms with Crippen molar-refractivity contribution in [1.82, 2.24) is 15.2 Å². The monoisotopic (exact) mass is 437 g/mol. The van der Waals surface area contributed by atoms with E-state index in [-0.39, 0.29) is 12.6 Å². The second-order valence-corrected chi connectivity index (χ2v) is 8.38. The second kappa shape index (κ2) is 10.8. The summed E-state index contributed by atoms with van der Waals surface area (Å²) in [6.07, 6.45) is 8.60. The van der Waals surface area contributed by atoms with Gasteiger partial charge in [-0.1, -0.05) is 30.9 Å². The molecule has 2 amide bonds. The maximum Gasteiger partial charge on any atom is 0.471 e. The normalized spacial score (nSPS) is 18.7. The van der Waals surface area contributed by atoms with Gasteiger partial charge in [-0.25, -0.2) is 0 Å². The topological polar surface area (TPSA) is 62.3 Å². The van der Waals surface area contributed by atoms with Crippen LogP contribution in [0.25, 0.3) is 0 Å². The average Bonchev–Trinajstić information content (AvgIpc) is 2.77. The highest BCUT2D eigenvalue weighted by atomic mass is 19.4. The van der Waals surface area contributed by atoms with Crippen molar-refractivity contribution >= 4 is 11.8 Å². The second-order valence-electron chi connectivity index (χ2n) is 8.38. The number of aromatic nitrogens is 1. The van der Waals surface area contributed by atoms with Gasteiger partial charge >= 0.3 is 12.1 Å². The van der Waals surface area contributed by atoms with Crippen molar-refractivity contribution in [3.05, 3.63) is 41.7 Å². The third-order valence-electron chi connectivity index (χ3n) is 6.10. The van der Waals surface area contributed by atoms with Crippen molar-refractivity contribution in [2.45, 2.75) is 82.5 Å². The van der Waals surface area contributed by atoms with E-state index in [9.17, 15) is 22.8 Å². The van der Waals surface area contributed by atoms with E-state index in [1.165, 1.54) is 24.5 Å². The van der Waals surface area contributed by atoms with Gasteiger partial charge in [0, 0.05) is 25.0 Å². The van der Waals surface area contributed by atoms with Crippen molar-refractivity contribution in [1.29, 1.82) is 0 Å². The molecular weight excluding hydrogens is 407 g/mol. The maximum absolute atomic E-state index is 13.5. The van der Waals surface area contributed by atoms with Gasteiger partial charge in [-0.15, -0.1) is 0 Å². The van der Waals surface area contributed by atoms with E-state index >= 15 is 0 Å². The van der Waals surface area contributed by atoms with E-state index in [1.54, 1.807) is 0 Å². The lowest BCUT2D eigenvalue weighted by molar-refractivity contribution is -0.188. The minimum Gasteiger partial charge on any atom is -0.351 e. The first-order valence-electron chi connectivity index (χ1n) is 11.1. The molecule has 1 heterocycles. The van der Waals surface area contributed by atoms with Crippen LogP contribution in [-0.2, 0) is 9.59 Å². The Hall–Kier alpha value is -2.38. The number of amides is 2. The standard InChI is InChI=1S/C23H30F3N3O2/c24-23(25,26)22(31)29(16-13-17-7-3-1-4-8-17)20(18-11-14-27-15-12-18)21(30)28-19-9-5-2-6-10-19/h7,11-12,14-15,19-20H,1-6,8-10,13,16H2,(H,28,30)/t20-/m1/s1. The first-order chi connectivity index (χ1) is 14.9. The van der Waals surface area contributed by atoms with Crippen molar-refractivity contribution in [3.63, 3.8) is 0 Å². The van der Waals surface area contributed by atoms with Gasteiger partial charge in [0.15, 0.2) is 0 Å². The number of carbonyl (C=O) groups excluding carboxylic acids is 2. The predicted octanol–water partition coefficient (Wildman–Crippen LogP) is 4.85. The molecule has 1 aromatic rings. The van der Waals surface area contributed by atoms with Crippen LogP contribution in [-0.4, -0.2) is 40.5 Å². The maximum atomic E-state index is 13.5. The largest absolute Gasteiger partial charge is 0.471 e. The Morgan fingerprint density at radius 1 is 1.10 bits per heavy atom. The van der Waals surface area contributed by atoms with Gasteiger partial charge in [0.2, 0.25) is 5.91 Å². The molecule has 2 aliphatic rings. The van der Waals surface area contributed by atoms with Crippen LogP contribution in [0.1, 0.15) is 75.8 Å². The number of carbonyl (C=O) groups is 2. The van der Waals surface area contributed by atoms with Crippen molar-refractivity contribution < 1.29 is 22.8 Å². The fourth-order valence-electron chi connectivity index (χ4n) is 4.45. The molecule has 0 bridgehead atoms. The molecular formula is C23H30F3N3O2. The van der Waals surface area contributed by atoms with Crippen LogP contribution in [0.5, 0.6) is 0 Å². The lowest BCUT2D eigenvalue weighted by Gasteiger charge is -2.34. The SMILES string of the molecule is O=C(NC1CCCCC1)[C@@H](c1ccncc1)N(CCC1=CCCCC1)C(=O)C(F)(F)F. The minimum absolute atomic E-state index is 0.0746. The highest BCUT2D eigenvalue weighted by Crippen LogP contribution is 2.30. The Morgan fingerprint density at radius 3 is 2.42 bits per heavy atom. The van der Waals surface area contributed by atoms with E-state index in [2.05, 4.69) is 10.3 Å². The van der Waals surface area contributed by atoms with Gasteiger partial charge < -0.3 is 10.2 Å². The number of nitrogens with zero attached hydrogens (tertiary/aromatic N) is 2. The van der Waals surface area contributed by atoms with Gasteiger partial charge in [0.1, 0.15) is 6.04 Å². The van der Waals surface area contributed by atoms with Crippen LogP contribution >= 0.6 is 0 Å². The summed E-state index contributed by atoms with van der Waals surface area (Å²) in [5, 5.41) is 2.91. The fraction of sp³-hybridized carbons (Fsp3) is 0.609. The van der Waals surface area contributed by atoms with E-state index < -0.39 is 24.0 Å². The summed E-state index contributed by atoms with van der Waals surface area (Å²) < 4.78 is 40.5. The molecule has 31 heavy (non-hydrogen) atoms. The summed E-state index contributed by atoms with van der Waals surface area (Å²) in [4.78, 5) is 30.3. The quantitative estimate of drug-likeness (QED) is 0.620. The van der Waals surface area contributed by atoms with Crippen LogP contribution in [0.15, 0.2) is 36.2 Å². The molecule has 0 aliphatic heterocycles. The van der Waals surface area contributed by atoms with Gasteiger partial charge in [0.05, 0.1) is 0 Å². The molecule has 1 atom stereocenters. The zero-order valence-electron chi connectivity index (χ0n) is 17.7. The highest BCUT2D eigenvalue weighted by molar-refractivity contribution is 5.90. The smallest absolute Gasteiger partial charge is 0.351 e. The Morgan fingerprint density at radius 2 is 1.81 bits per heavy atom. The Kier molecular flexibility index (Phi) is 8.09. The third-order valence-corrected chi connectivity index (χ3v) is 6.10. The van der Waals surface area contributed by atoms with Crippen LogP contribution in [0.3, 0.4) is 0 Å². The van der Waals surface area contributed by atoms with Crippen LogP contribution in [0.4, 0.5) is 13.2 Å². The van der Waals surface area contributed by atoms with E-state index in [1.807, 2.05) is 6.08 Å². The number of pyridine rings is 1. The van der Waals surface area contributed by atoms with E-state index in [0.717, 1.165) is 63.4 Å². The molecule has 1 aromatic heterocycles. The average molecular weight is 438 g/mol. The summed E-state index contributed by atoms with van der Waals surface area (Å²) in [7, 11) is 0. The fourth-order valence-corrected chi connectivity index (χ4v) is 4.45. The zero-order valence-corrected chi connectivity index (χ0v) is 17.7. The Balaban J connectivity index is 1.88. The van der Waals surface area contributed by atoms with E-state index in [0.29, 0.717) is 16.9 Å². The van der Waals surface area contributed by atoms with Crippen molar-refractivity contribution in [2.24, 2.45) is 0 Å². The molecule has 1 fully saturated rings. The molecule has 5 nitrogen and oxygen atoms in total. The summed E-state index contributed by atoms with van der Waals surface area (Å²) >= 11 is 0. The zero-order chi connectivity index (χ0) is 22.3. The predicted molar refractivity (Wildman–Crippen MR) is 111 cm³/mol. The molecule has 170 valence electrons. The van der Waals surface area contributed by atoms with Crippen molar-refractivity contribution in [3.8, 4) is 0 Å². The third kappa shape index (κ3) is 6.55. The van der Waals surface area contributed by atoms with Crippen LogP contribution < -0.4 is 5.32 Å². The summed E-state index contributed by atoms with van der Waals surface area (Å²) in [5.41, 5.74) is 1.38. The van der Waals surface area contributed by atoms with Crippen LogP contribution in [0.2, 0.25) is 0 Å². The first kappa shape index (κ1) is 23.3. The molecule has 0 unspecified atom stereocenters. The minimum atomic E-state index is -5.06. The molecule has 0 aromatic carbocycles. The van der Waals surface area contributed by atoms with Crippen molar-refractivity contribution in [2.75, 3.05) is 6.54 Å². The Bertz CT molecular complexity index is 774. The lowest BCUT2D eigenvalue weighted by Crippen LogP contribution is -2.50. The number of hydrogen-bond acceptors (Lipinski definition) is 3. The molecule has 1 saturated carbocycles. The summed E-state index contributed by atoms with van der Waals surface area (Å²) in [6, 6.07) is 1.58. The number of alkyl halides is 3. The molecule has 3 rings (SSSR count). The van der Waals surface area contributed by atoms with Gasteiger partial charge in [-0.2, -0.15) is 13.2 Å². The Labute approximate surface area is 181 Å². The van der Waals surface area contributed by atoms with Gasteiger partial charge in [-0.3, -0.25) is 14.6 Å². The van der Waals surface area contributed by atoms with Gasteiger partial charge in [0.25, 0.3) is 0 Å². The number of hydrogen-bond donors (Lipinski definition) is 1. The molecule has 0 spiro atoms. The molecule has 0 saturated heterocycles. The highest BCUT2D eigenvalue weighted by Gasteiger charge is 2.46. The van der Waals surface area contributed by atoms with Gasteiger partial charge in [-0.05, 0) is 62.6 Å². The first-order valence-corrected chi connectivity index (χ1v) is 11.1. The number of halogens is 3. The van der Waals surface area contributed by atoms with E-state index in [4.69, 9.17) is 0 Å². The number of nitrogens with one attached hydrogen (secondary N) is 1. The number of rotatable bonds is 7. The summed E-state index contributed by atoms with van der Waals surface area (Å²) in [6.45, 7) is -0.157. The molecule has 8 heteroatoms. The van der Waals surface area contributed by atoms with Crippen LogP contribution in [0, 0.1) is 0 Å². The number of allylic oxidation sites excluding steroid dienone is 1. The lowest BCUT2D eigenvalue weighted by atomic mass is 9.94. The molecule has 2 aliphatic carbocycles. The molecule has 1 N–H and O–H groups in total. The molecule has 0 radical (unpaired) electrons.